The van der Waals surface area contributed by atoms with Crippen LogP contribution in [0.1, 0.15) is 43.6 Å². The van der Waals surface area contributed by atoms with Gasteiger partial charge in [0.1, 0.15) is 5.54 Å². The number of carbonyl (C=O) groups is 2. The molecule has 3 amide bonds. The van der Waals surface area contributed by atoms with E-state index in [1.165, 1.54) is 0 Å². The first-order valence-electron chi connectivity index (χ1n) is 9.92. The Morgan fingerprint density at radius 1 is 1.32 bits per heavy atom. The Balaban J connectivity index is 1.68. The lowest BCUT2D eigenvalue weighted by Gasteiger charge is -2.39. The molecule has 2 aliphatic heterocycles. The fourth-order valence-electron chi connectivity index (χ4n) is 4.14. The number of likely N-dealkylation sites (tertiary alicyclic amines) is 1. The van der Waals surface area contributed by atoms with Crippen LogP contribution in [0.4, 0.5) is 4.79 Å². The monoisotopic (exact) mass is 389 g/mol. The predicted octanol–water partition coefficient (Wildman–Crippen LogP) is 0.813. The lowest BCUT2D eigenvalue weighted by Crippen LogP contribution is -2.55. The molecule has 9 heteroatoms. The maximum absolute atomic E-state index is 12.2. The molecule has 0 bridgehead atoms. The molecule has 2 aliphatic rings. The summed E-state index contributed by atoms with van der Waals surface area (Å²) in [6.45, 7) is 10.9. The lowest BCUT2D eigenvalue weighted by atomic mass is 9.79. The van der Waals surface area contributed by atoms with E-state index in [-0.39, 0.29) is 11.8 Å². The van der Waals surface area contributed by atoms with Gasteiger partial charge in [0.2, 0.25) is 0 Å². The highest BCUT2D eigenvalue weighted by Gasteiger charge is 2.48. The number of aliphatic imine (C=N–C) groups is 1. The molecule has 0 saturated carbocycles. The summed E-state index contributed by atoms with van der Waals surface area (Å²) in [5.41, 5.74) is 2.48. The Hall–Kier alpha value is -2.58. The molecule has 3 rings (SSSR count). The number of rotatable bonds is 4. The number of guanidine groups is 1. The normalized spacial score (nSPS) is 23.8. The van der Waals surface area contributed by atoms with E-state index in [0.29, 0.717) is 6.54 Å². The lowest BCUT2D eigenvalue weighted by molar-refractivity contribution is -0.125. The van der Waals surface area contributed by atoms with E-state index in [4.69, 9.17) is 4.99 Å². The maximum atomic E-state index is 12.2. The van der Waals surface area contributed by atoms with E-state index in [1.807, 2.05) is 25.6 Å². The number of piperidine rings is 1. The largest absolute Gasteiger partial charge is 0.357 e. The predicted molar refractivity (Wildman–Crippen MR) is 107 cm³/mol. The van der Waals surface area contributed by atoms with Crippen molar-refractivity contribution >= 4 is 17.9 Å². The van der Waals surface area contributed by atoms with Crippen LogP contribution in [-0.4, -0.2) is 57.8 Å². The fraction of sp³-hybridized carbons (Fsp3) is 0.684. The van der Waals surface area contributed by atoms with Crippen LogP contribution in [0.5, 0.6) is 0 Å². The van der Waals surface area contributed by atoms with E-state index in [1.54, 1.807) is 0 Å². The fourth-order valence-corrected chi connectivity index (χ4v) is 4.14. The first-order chi connectivity index (χ1) is 13.3. The number of hydrogen-bond donors (Lipinski definition) is 3. The summed E-state index contributed by atoms with van der Waals surface area (Å²) in [4.78, 5) is 30.8. The van der Waals surface area contributed by atoms with Gasteiger partial charge in [-0.1, -0.05) is 0 Å². The van der Waals surface area contributed by atoms with E-state index < -0.39 is 11.6 Å². The summed E-state index contributed by atoms with van der Waals surface area (Å²) in [5, 5.41) is 13.0. The van der Waals surface area contributed by atoms with Crippen molar-refractivity contribution in [3.63, 3.8) is 0 Å². The number of carbonyl (C=O) groups excluding carboxylic acids is 2. The molecule has 3 N–H and O–H groups in total. The highest BCUT2D eigenvalue weighted by atomic mass is 16.2. The Morgan fingerprint density at radius 3 is 2.50 bits per heavy atom. The summed E-state index contributed by atoms with van der Waals surface area (Å²) in [6.07, 6.45) is 1.64. The third-order valence-corrected chi connectivity index (χ3v) is 6.06. The number of nitrogens with one attached hydrogen (secondary N) is 3. The summed E-state index contributed by atoms with van der Waals surface area (Å²) >= 11 is 0. The van der Waals surface area contributed by atoms with Crippen molar-refractivity contribution in [2.75, 3.05) is 19.6 Å². The number of aryl methyl sites for hydroxylation is 2. The quantitative estimate of drug-likeness (QED) is 0.402. The van der Waals surface area contributed by atoms with Gasteiger partial charge < -0.3 is 15.5 Å². The molecule has 0 aliphatic carbocycles. The van der Waals surface area contributed by atoms with Crippen molar-refractivity contribution in [1.82, 2.24) is 30.6 Å². The maximum Gasteiger partial charge on any atom is 0.322 e. The molecule has 2 saturated heterocycles. The van der Waals surface area contributed by atoms with Crippen molar-refractivity contribution < 1.29 is 9.59 Å². The molecule has 1 atom stereocenters. The summed E-state index contributed by atoms with van der Waals surface area (Å²) < 4.78 is 1.89. The van der Waals surface area contributed by atoms with Gasteiger partial charge in [-0.05, 0) is 46.5 Å². The van der Waals surface area contributed by atoms with Crippen LogP contribution < -0.4 is 16.0 Å². The Bertz CT molecular complexity index is 792. The van der Waals surface area contributed by atoms with Gasteiger partial charge in [-0.3, -0.25) is 14.8 Å². The second kappa shape index (κ2) is 7.81. The highest BCUT2D eigenvalue weighted by molar-refractivity contribution is 6.07. The summed E-state index contributed by atoms with van der Waals surface area (Å²) in [5.74, 6) is 0.772. The van der Waals surface area contributed by atoms with Gasteiger partial charge in [-0.25, -0.2) is 9.79 Å². The van der Waals surface area contributed by atoms with Gasteiger partial charge in [-0.15, -0.1) is 0 Å². The standard InChI is InChI=1S/C19H31N7O2/c1-6-20-17(21-11-15-12(2)24-25(5)13(15)3)26-9-7-14(8-10-26)19(4)16(27)22-18(28)23-19/h14H,6-11H2,1-5H3,(H,20,21)(H2,22,23,27,28). The van der Waals surface area contributed by atoms with Gasteiger partial charge in [0.05, 0.1) is 12.2 Å². The van der Waals surface area contributed by atoms with Crippen molar-refractivity contribution in [1.29, 1.82) is 0 Å². The van der Waals surface area contributed by atoms with Crippen molar-refractivity contribution in [2.24, 2.45) is 18.0 Å². The molecule has 9 nitrogen and oxygen atoms in total. The van der Waals surface area contributed by atoms with Crippen LogP contribution in [0.25, 0.3) is 0 Å². The second-order valence-electron chi connectivity index (χ2n) is 7.82. The smallest absolute Gasteiger partial charge is 0.322 e. The van der Waals surface area contributed by atoms with Crippen LogP contribution in [0.2, 0.25) is 0 Å². The first kappa shape index (κ1) is 20.2. The zero-order valence-electron chi connectivity index (χ0n) is 17.4. The SMILES string of the molecule is CCNC(=NCc1c(C)nn(C)c1C)N1CCC(C2(C)NC(=O)NC2=O)CC1. The third-order valence-electron chi connectivity index (χ3n) is 6.06. The zero-order chi connectivity index (χ0) is 20.5. The third kappa shape index (κ3) is 3.70. The molecule has 0 radical (unpaired) electrons. The number of nitrogens with zero attached hydrogens (tertiary/aromatic N) is 4. The molecule has 2 fully saturated rings. The van der Waals surface area contributed by atoms with Gasteiger partial charge in [-0.2, -0.15) is 5.10 Å². The van der Waals surface area contributed by atoms with E-state index in [9.17, 15) is 9.59 Å². The molecule has 154 valence electrons. The van der Waals surface area contributed by atoms with E-state index >= 15 is 0 Å². The number of hydrogen-bond acceptors (Lipinski definition) is 4. The highest BCUT2D eigenvalue weighted by Crippen LogP contribution is 2.30. The van der Waals surface area contributed by atoms with Crippen LogP contribution in [-0.2, 0) is 18.4 Å². The molecule has 1 aromatic heterocycles. The second-order valence-corrected chi connectivity index (χ2v) is 7.82. The van der Waals surface area contributed by atoms with Crippen LogP contribution >= 0.6 is 0 Å². The minimum Gasteiger partial charge on any atom is -0.357 e. The average Bonchev–Trinajstić information content (AvgIpc) is 3.06. The minimum absolute atomic E-state index is 0.112. The van der Waals surface area contributed by atoms with Crippen LogP contribution in [0.3, 0.4) is 0 Å². The van der Waals surface area contributed by atoms with E-state index in [2.05, 4.69) is 39.8 Å². The minimum atomic E-state index is -0.817. The van der Waals surface area contributed by atoms with Gasteiger partial charge in [0.25, 0.3) is 5.91 Å². The number of aromatic nitrogens is 2. The molecule has 0 spiro atoms. The summed E-state index contributed by atoms with van der Waals surface area (Å²) in [6, 6.07) is -0.396. The number of imide groups is 1. The number of amides is 3. The van der Waals surface area contributed by atoms with Crippen molar-refractivity contribution in [2.45, 2.75) is 52.6 Å². The zero-order valence-corrected chi connectivity index (χ0v) is 17.4. The van der Waals surface area contributed by atoms with Crippen LogP contribution in [0, 0.1) is 19.8 Å². The summed E-state index contributed by atoms with van der Waals surface area (Å²) in [7, 11) is 1.95. The molecule has 28 heavy (non-hydrogen) atoms. The van der Waals surface area contributed by atoms with Crippen LogP contribution in [0.15, 0.2) is 4.99 Å². The topological polar surface area (TPSA) is 104 Å². The van der Waals surface area contributed by atoms with Gasteiger partial charge in [0, 0.05) is 37.9 Å². The van der Waals surface area contributed by atoms with E-state index in [0.717, 1.165) is 55.4 Å². The van der Waals surface area contributed by atoms with Gasteiger partial charge in [0.15, 0.2) is 5.96 Å². The molecule has 1 aromatic rings. The average molecular weight is 390 g/mol. The Labute approximate surface area is 165 Å². The van der Waals surface area contributed by atoms with Crippen molar-refractivity contribution in [3.05, 3.63) is 17.0 Å². The number of urea groups is 1. The molecule has 3 heterocycles. The Kier molecular flexibility index (Phi) is 5.62. The molecule has 1 unspecified atom stereocenters. The molecular formula is C19H31N7O2. The molecule has 0 aromatic carbocycles. The van der Waals surface area contributed by atoms with Crippen molar-refractivity contribution in [3.8, 4) is 0 Å². The molecular weight excluding hydrogens is 358 g/mol. The van der Waals surface area contributed by atoms with Gasteiger partial charge >= 0.3 is 6.03 Å². The Morgan fingerprint density at radius 2 is 2.00 bits per heavy atom. The first-order valence-corrected chi connectivity index (χ1v) is 9.92.